The quantitative estimate of drug-likeness (QED) is 0.763. The summed E-state index contributed by atoms with van der Waals surface area (Å²) in [5, 5.41) is 11.8. The first-order valence-electron chi connectivity index (χ1n) is 7.50. The molecular formula is C16H19BrN2O5. The fourth-order valence-corrected chi connectivity index (χ4v) is 3.22. The third-order valence-corrected chi connectivity index (χ3v) is 4.75. The monoisotopic (exact) mass is 398 g/mol. The van der Waals surface area contributed by atoms with E-state index in [1.807, 2.05) is 6.92 Å². The van der Waals surface area contributed by atoms with Crippen molar-refractivity contribution in [1.82, 2.24) is 4.90 Å². The largest absolute Gasteiger partial charge is 0.481 e. The van der Waals surface area contributed by atoms with Gasteiger partial charge in [0.1, 0.15) is 0 Å². The highest BCUT2D eigenvalue weighted by molar-refractivity contribution is 9.10. The molecule has 0 atom stereocenters. The normalized spacial score (nSPS) is 15.0. The highest BCUT2D eigenvalue weighted by atomic mass is 79.9. The molecule has 1 heterocycles. The van der Waals surface area contributed by atoms with Gasteiger partial charge in [0.2, 0.25) is 0 Å². The molecule has 1 aromatic rings. The van der Waals surface area contributed by atoms with E-state index in [0.29, 0.717) is 41.7 Å². The standard InChI is InChI=1S/C16H19BrN2O5/c1-9-7-12(17)11(15(22)24-2)8-13(9)18-16(23)19-5-3-10(4-6-19)14(20)21/h7-8,10H,3-6H2,1-2H3,(H,18,23)(H,20,21). The maximum absolute atomic E-state index is 12.4. The molecule has 1 fully saturated rings. The number of benzene rings is 1. The molecule has 1 aliphatic heterocycles. The number of carbonyl (C=O) groups excluding carboxylic acids is 2. The molecule has 8 heteroatoms. The fourth-order valence-electron chi connectivity index (χ4n) is 2.60. The Morgan fingerprint density at radius 2 is 1.92 bits per heavy atom. The smallest absolute Gasteiger partial charge is 0.339 e. The van der Waals surface area contributed by atoms with Crippen LogP contribution in [0.1, 0.15) is 28.8 Å². The molecule has 1 aliphatic rings. The van der Waals surface area contributed by atoms with Gasteiger partial charge in [-0.15, -0.1) is 0 Å². The molecule has 130 valence electrons. The molecule has 1 aromatic carbocycles. The number of carboxylic acids is 1. The van der Waals surface area contributed by atoms with Crippen molar-refractivity contribution in [2.75, 3.05) is 25.5 Å². The molecule has 24 heavy (non-hydrogen) atoms. The van der Waals surface area contributed by atoms with Crippen molar-refractivity contribution in [2.24, 2.45) is 5.92 Å². The van der Waals surface area contributed by atoms with E-state index in [-0.39, 0.29) is 6.03 Å². The van der Waals surface area contributed by atoms with Crippen LogP contribution in [0.4, 0.5) is 10.5 Å². The first-order valence-corrected chi connectivity index (χ1v) is 8.30. The lowest BCUT2D eigenvalue weighted by Crippen LogP contribution is -2.42. The van der Waals surface area contributed by atoms with Gasteiger partial charge in [-0.05, 0) is 53.4 Å². The minimum atomic E-state index is -0.818. The van der Waals surface area contributed by atoms with Crippen molar-refractivity contribution in [3.63, 3.8) is 0 Å². The Kier molecular flexibility index (Phi) is 5.82. The minimum Gasteiger partial charge on any atom is -0.481 e. The fraction of sp³-hybridized carbons (Fsp3) is 0.438. The number of anilines is 1. The number of ether oxygens (including phenoxy) is 1. The number of rotatable bonds is 3. The third-order valence-electron chi connectivity index (χ3n) is 4.09. The average molecular weight is 399 g/mol. The lowest BCUT2D eigenvalue weighted by atomic mass is 9.97. The van der Waals surface area contributed by atoms with Crippen molar-refractivity contribution in [3.8, 4) is 0 Å². The van der Waals surface area contributed by atoms with Crippen LogP contribution in [0.15, 0.2) is 16.6 Å². The molecular weight excluding hydrogens is 380 g/mol. The number of piperidine rings is 1. The molecule has 0 bridgehead atoms. The molecule has 0 spiro atoms. The van der Waals surface area contributed by atoms with Gasteiger partial charge in [0, 0.05) is 23.2 Å². The summed E-state index contributed by atoms with van der Waals surface area (Å²) < 4.78 is 5.31. The summed E-state index contributed by atoms with van der Waals surface area (Å²) in [4.78, 5) is 36.7. The molecule has 1 saturated heterocycles. The summed E-state index contributed by atoms with van der Waals surface area (Å²) in [5.41, 5.74) is 1.63. The number of carboxylic acid groups (broad SMARTS) is 1. The molecule has 0 aromatic heterocycles. The Bertz CT molecular complexity index is 669. The zero-order chi connectivity index (χ0) is 17.9. The van der Waals surface area contributed by atoms with Gasteiger partial charge in [-0.25, -0.2) is 9.59 Å². The third kappa shape index (κ3) is 4.05. The van der Waals surface area contributed by atoms with Crippen LogP contribution < -0.4 is 5.32 Å². The van der Waals surface area contributed by atoms with Crippen molar-refractivity contribution < 1.29 is 24.2 Å². The van der Waals surface area contributed by atoms with Crippen LogP contribution in [-0.4, -0.2) is 48.2 Å². The van der Waals surface area contributed by atoms with E-state index in [1.165, 1.54) is 7.11 Å². The Morgan fingerprint density at radius 3 is 2.46 bits per heavy atom. The Balaban J connectivity index is 2.09. The lowest BCUT2D eigenvalue weighted by molar-refractivity contribution is -0.143. The number of aryl methyl sites for hydroxylation is 1. The van der Waals surface area contributed by atoms with E-state index in [1.54, 1.807) is 17.0 Å². The van der Waals surface area contributed by atoms with Crippen molar-refractivity contribution in [2.45, 2.75) is 19.8 Å². The lowest BCUT2D eigenvalue weighted by Gasteiger charge is -2.30. The van der Waals surface area contributed by atoms with Gasteiger partial charge in [0.05, 0.1) is 18.6 Å². The summed E-state index contributed by atoms with van der Waals surface area (Å²) in [6.45, 7) is 2.60. The number of nitrogens with zero attached hydrogens (tertiary/aromatic N) is 1. The van der Waals surface area contributed by atoms with Crippen LogP contribution in [0.5, 0.6) is 0 Å². The number of hydrogen-bond donors (Lipinski definition) is 2. The van der Waals surface area contributed by atoms with E-state index >= 15 is 0 Å². The van der Waals surface area contributed by atoms with Gasteiger partial charge in [0.15, 0.2) is 0 Å². The predicted molar refractivity (Wildman–Crippen MR) is 91.2 cm³/mol. The van der Waals surface area contributed by atoms with Crippen LogP contribution in [0.2, 0.25) is 0 Å². The highest BCUT2D eigenvalue weighted by Gasteiger charge is 2.27. The summed E-state index contributed by atoms with van der Waals surface area (Å²) in [6, 6.07) is 2.99. The number of aliphatic carboxylic acids is 1. The highest BCUT2D eigenvalue weighted by Crippen LogP contribution is 2.27. The minimum absolute atomic E-state index is 0.305. The second kappa shape index (κ2) is 7.65. The summed E-state index contributed by atoms with van der Waals surface area (Å²) in [5.74, 6) is -1.71. The van der Waals surface area contributed by atoms with Crippen molar-refractivity contribution in [3.05, 3.63) is 27.7 Å². The number of hydrogen-bond acceptors (Lipinski definition) is 4. The first-order chi connectivity index (χ1) is 11.3. The van der Waals surface area contributed by atoms with Gasteiger partial charge < -0.3 is 20.1 Å². The Labute approximate surface area is 148 Å². The number of esters is 1. The molecule has 0 aliphatic carbocycles. The average Bonchev–Trinajstić information content (AvgIpc) is 2.56. The Morgan fingerprint density at radius 1 is 1.29 bits per heavy atom. The van der Waals surface area contributed by atoms with Crippen molar-refractivity contribution in [1.29, 1.82) is 0 Å². The number of nitrogens with one attached hydrogen (secondary N) is 1. The second-order valence-electron chi connectivity index (χ2n) is 5.67. The number of urea groups is 1. The molecule has 2 N–H and O–H groups in total. The maximum Gasteiger partial charge on any atom is 0.339 e. The molecule has 2 rings (SSSR count). The number of amides is 2. The molecule has 2 amide bonds. The van der Waals surface area contributed by atoms with Gasteiger partial charge in [0.25, 0.3) is 0 Å². The van der Waals surface area contributed by atoms with Gasteiger partial charge >= 0.3 is 18.0 Å². The zero-order valence-electron chi connectivity index (χ0n) is 13.5. The van der Waals surface area contributed by atoms with Gasteiger partial charge in [-0.2, -0.15) is 0 Å². The van der Waals surface area contributed by atoms with E-state index < -0.39 is 17.9 Å². The number of carbonyl (C=O) groups is 3. The van der Waals surface area contributed by atoms with Gasteiger partial charge in [-0.1, -0.05) is 0 Å². The van der Waals surface area contributed by atoms with Crippen LogP contribution in [0, 0.1) is 12.8 Å². The first kappa shape index (κ1) is 18.3. The Hall–Kier alpha value is -2.09. The topological polar surface area (TPSA) is 95.9 Å². The summed E-state index contributed by atoms with van der Waals surface area (Å²) in [7, 11) is 1.29. The van der Waals surface area contributed by atoms with Crippen LogP contribution in [-0.2, 0) is 9.53 Å². The van der Waals surface area contributed by atoms with Crippen LogP contribution >= 0.6 is 15.9 Å². The van der Waals surface area contributed by atoms with Crippen molar-refractivity contribution >= 4 is 39.6 Å². The molecule has 0 saturated carbocycles. The SMILES string of the molecule is COC(=O)c1cc(NC(=O)N2CCC(C(=O)O)CC2)c(C)cc1Br. The van der Waals surface area contributed by atoms with E-state index in [9.17, 15) is 14.4 Å². The van der Waals surface area contributed by atoms with E-state index in [2.05, 4.69) is 21.2 Å². The number of halogens is 1. The van der Waals surface area contributed by atoms with Crippen LogP contribution in [0.3, 0.4) is 0 Å². The molecule has 7 nitrogen and oxygen atoms in total. The summed E-state index contributed by atoms with van der Waals surface area (Å²) in [6.07, 6.45) is 0.880. The van der Waals surface area contributed by atoms with E-state index in [4.69, 9.17) is 9.84 Å². The summed E-state index contributed by atoms with van der Waals surface area (Å²) >= 11 is 3.31. The molecule has 0 radical (unpaired) electrons. The number of likely N-dealkylation sites (tertiary alicyclic amines) is 1. The zero-order valence-corrected chi connectivity index (χ0v) is 15.1. The number of methoxy groups -OCH3 is 1. The van der Waals surface area contributed by atoms with Gasteiger partial charge in [-0.3, -0.25) is 4.79 Å². The molecule has 0 unspecified atom stereocenters. The predicted octanol–water partition coefficient (Wildman–Crippen LogP) is 2.87. The van der Waals surface area contributed by atoms with E-state index in [0.717, 1.165) is 5.56 Å². The van der Waals surface area contributed by atoms with Crippen LogP contribution in [0.25, 0.3) is 0 Å². The second-order valence-corrected chi connectivity index (χ2v) is 6.52. The maximum atomic E-state index is 12.4.